The van der Waals surface area contributed by atoms with Crippen molar-refractivity contribution in [1.29, 1.82) is 0 Å². The lowest BCUT2D eigenvalue weighted by Gasteiger charge is -2.33. The highest BCUT2D eigenvalue weighted by Gasteiger charge is 2.26. The van der Waals surface area contributed by atoms with Crippen molar-refractivity contribution in [2.45, 2.75) is 0 Å². The van der Waals surface area contributed by atoms with E-state index in [1.54, 1.807) is 23.1 Å². The summed E-state index contributed by atoms with van der Waals surface area (Å²) in [7, 11) is -3.20. The number of carbonyl (C=O) groups is 1. The molecule has 126 valence electrons. The highest BCUT2D eigenvalue weighted by atomic mass is 32.2. The third-order valence-corrected chi connectivity index (χ3v) is 5.07. The molecule has 1 aromatic rings. The number of ether oxygens (including phenoxy) is 3. The second-order valence-corrected chi connectivity index (χ2v) is 7.33. The van der Waals surface area contributed by atoms with Crippen LogP contribution in [0.3, 0.4) is 0 Å². The first-order chi connectivity index (χ1) is 10.9. The predicted molar refractivity (Wildman–Crippen MR) is 81.1 cm³/mol. The fraction of sp³-hybridized carbons (Fsp3) is 0.500. The molecule has 0 saturated carbocycles. The van der Waals surface area contributed by atoms with Crippen molar-refractivity contribution in [3.8, 4) is 17.2 Å². The molecule has 2 aliphatic rings. The van der Waals surface area contributed by atoms with E-state index in [-0.39, 0.29) is 19.3 Å². The molecular formula is C14H18N2O6S. The average molecular weight is 342 g/mol. The van der Waals surface area contributed by atoms with E-state index in [9.17, 15) is 13.2 Å². The SMILES string of the molecule is CS(=O)(=O)N1CCN(C(=O)COc2ccc3c(c2)OCO3)CC1. The maximum Gasteiger partial charge on any atom is 0.260 e. The third-order valence-electron chi connectivity index (χ3n) is 3.77. The molecule has 1 amide bonds. The van der Waals surface area contributed by atoms with Gasteiger partial charge in [-0.2, -0.15) is 4.31 Å². The molecule has 0 atom stereocenters. The van der Waals surface area contributed by atoms with E-state index in [2.05, 4.69) is 0 Å². The van der Waals surface area contributed by atoms with Crippen molar-refractivity contribution in [2.24, 2.45) is 0 Å². The molecule has 0 unspecified atom stereocenters. The molecule has 2 aliphatic heterocycles. The fourth-order valence-electron chi connectivity index (χ4n) is 2.47. The highest BCUT2D eigenvalue weighted by molar-refractivity contribution is 7.88. The number of rotatable bonds is 4. The predicted octanol–water partition coefficient (Wildman–Crippen LogP) is -0.102. The summed E-state index contributed by atoms with van der Waals surface area (Å²) in [5, 5.41) is 0. The van der Waals surface area contributed by atoms with Crippen LogP contribution in [0.4, 0.5) is 0 Å². The van der Waals surface area contributed by atoms with E-state index in [0.29, 0.717) is 43.4 Å². The van der Waals surface area contributed by atoms with E-state index in [0.717, 1.165) is 0 Å². The topological polar surface area (TPSA) is 85.4 Å². The van der Waals surface area contributed by atoms with E-state index >= 15 is 0 Å². The van der Waals surface area contributed by atoms with Crippen molar-refractivity contribution < 1.29 is 27.4 Å². The van der Waals surface area contributed by atoms with Crippen LogP contribution in [0.1, 0.15) is 0 Å². The number of carbonyl (C=O) groups excluding carboxylic acids is 1. The molecule has 9 heteroatoms. The second-order valence-electron chi connectivity index (χ2n) is 5.35. The van der Waals surface area contributed by atoms with Crippen molar-refractivity contribution in [2.75, 3.05) is 45.8 Å². The van der Waals surface area contributed by atoms with Crippen LogP contribution in [0.15, 0.2) is 18.2 Å². The number of hydrogen-bond donors (Lipinski definition) is 0. The van der Waals surface area contributed by atoms with Gasteiger partial charge in [0.15, 0.2) is 18.1 Å². The number of nitrogens with zero attached hydrogens (tertiary/aromatic N) is 2. The van der Waals surface area contributed by atoms with E-state index in [1.165, 1.54) is 10.6 Å². The van der Waals surface area contributed by atoms with Gasteiger partial charge in [0.1, 0.15) is 5.75 Å². The van der Waals surface area contributed by atoms with Crippen LogP contribution in [0, 0.1) is 0 Å². The molecular weight excluding hydrogens is 324 g/mol. The molecule has 1 aromatic carbocycles. The van der Waals surface area contributed by atoms with Gasteiger partial charge in [0.2, 0.25) is 16.8 Å². The second kappa shape index (κ2) is 6.25. The van der Waals surface area contributed by atoms with Gasteiger partial charge in [0.05, 0.1) is 6.26 Å². The molecule has 0 aliphatic carbocycles. The summed E-state index contributed by atoms with van der Waals surface area (Å²) in [5.74, 6) is 1.60. The summed E-state index contributed by atoms with van der Waals surface area (Å²) in [6.07, 6.45) is 1.17. The van der Waals surface area contributed by atoms with Crippen LogP contribution in [0.25, 0.3) is 0 Å². The van der Waals surface area contributed by atoms with Gasteiger partial charge in [-0.15, -0.1) is 0 Å². The Hall–Kier alpha value is -2.00. The molecule has 0 radical (unpaired) electrons. The van der Waals surface area contributed by atoms with Gasteiger partial charge in [0.25, 0.3) is 5.91 Å². The van der Waals surface area contributed by atoms with Gasteiger partial charge < -0.3 is 19.1 Å². The molecule has 23 heavy (non-hydrogen) atoms. The Morgan fingerprint density at radius 1 is 1.17 bits per heavy atom. The van der Waals surface area contributed by atoms with E-state index in [1.807, 2.05) is 0 Å². The molecule has 0 aromatic heterocycles. The molecule has 1 fully saturated rings. The minimum absolute atomic E-state index is 0.0987. The first-order valence-electron chi connectivity index (χ1n) is 7.19. The zero-order valence-corrected chi connectivity index (χ0v) is 13.5. The van der Waals surface area contributed by atoms with Gasteiger partial charge in [-0.25, -0.2) is 8.42 Å². The number of benzene rings is 1. The average Bonchev–Trinajstić information content (AvgIpc) is 2.99. The van der Waals surface area contributed by atoms with Crippen molar-refractivity contribution in [1.82, 2.24) is 9.21 Å². The number of fused-ring (bicyclic) bond motifs is 1. The Labute approximate surface area is 134 Å². The number of sulfonamides is 1. The standard InChI is InChI=1S/C14H18N2O6S/c1-23(18,19)16-6-4-15(5-7-16)14(17)9-20-11-2-3-12-13(8-11)22-10-21-12/h2-3,8H,4-7,9-10H2,1H3. The number of hydrogen-bond acceptors (Lipinski definition) is 6. The molecule has 3 rings (SSSR count). The molecule has 1 saturated heterocycles. The van der Waals surface area contributed by atoms with Gasteiger partial charge in [-0.3, -0.25) is 4.79 Å². The largest absolute Gasteiger partial charge is 0.484 e. The first-order valence-corrected chi connectivity index (χ1v) is 9.04. The molecule has 2 heterocycles. The highest BCUT2D eigenvalue weighted by Crippen LogP contribution is 2.35. The normalized spacial score (nSPS) is 18.0. The minimum Gasteiger partial charge on any atom is -0.484 e. The fourth-order valence-corrected chi connectivity index (χ4v) is 3.30. The van der Waals surface area contributed by atoms with Crippen molar-refractivity contribution >= 4 is 15.9 Å². The molecule has 0 N–H and O–H groups in total. The Bertz CT molecular complexity index is 697. The zero-order valence-electron chi connectivity index (χ0n) is 12.7. The maximum absolute atomic E-state index is 12.1. The Morgan fingerprint density at radius 3 is 2.57 bits per heavy atom. The zero-order chi connectivity index (χ0) is 16.4. The molecule has 8 nitrogen and oxygen atoms in total. The maximum atomic E-state index is 12.1. The summed E-state index contributed by atoms with van der Waals surface area (Å²) in [6.45, 7) is 1.46. The lowest BCUT2D eigenvalue weighted by atomic mass is 10.3. The summed E-state index contributed by atoms with van der Waals surface area (Å²) in [6, 6.07) is 5.12. The molecule has 0 bridgehead atoms. The van der Waals surface area contributed by atoms with Gasteiger partial charge in [0, 0.05) is 32.2 Å². The number of piperazine rings is 1. The third kappa shape index (κ3) is 3.67. The summed E-state index contributed by atoms with van der Waals surface area (Å²) in [5.41, 5.74) is 0. The Morgan fingerprint density at radius 2 is 1.87 bits per heavy atom. The Kier molecular flexibility index (Phi) is 4.31. The summed E-state index contributed by atoms with van der Waals surface area (Å²) < 4.78 is 40.2. The van der Waals surface area contributed by atoms with Gasteiger partial charge in [-0.1, -0.05) is 0 Å². The summed E-state index contributed by atoms with van der Waals surface area (Å²) >= 11 is 0. The van der Waals surface area contributed by atoms with E-state index in [4.69, 9.17) is 14.2 Å². The van der Waals surface area contributed by atoms with Gasteiger partial charge in [-0.05, 0) is 12.1 Å². The van der Waals surface area contributed by atoms with Crippen LogP contribution in [0.5, 0.6) is 17.2 Å². The van der Waals surface area contributed by atoms with Crippen LogP contribution >= 0.6 is 0 Å². The van der Waals surface area contributed by atoms with Crippen LogP contribution < -0.4 is 14.2 Å². The van der Waals surface area contributed by atoms with Crippen LogP contribution in [-0.2, 0) is 14.8 Å². The quantitative estimate of drug-likeness (QED) is 0.759. The monoisotopic (exact) mass is 342 g/mol. The first kappa shape index (κ1) is 15.9. The lowest BCUT2D eigenvalue weighted by molar-refractivity contribution is -0.134. The lowest BCUT2D eigenvalue weighted by Crippen LogP contribution is -2.51. The summed E-state index contributed by atoms with van der Waals surface area (Å²) in [4.78, 5) is 13.7. The van der Waals surface area contributed by atoms with E-state index < -0.39 is 10.0 Å². The smallest absolute Gasteiger partial charge is 0.260 e. The Balaban J connectivity index is 1.50. The van der Waals surface area contributed by atoms with Crippen LogP contribution in [0.2, 0.25) is 0 Å². The van der Waals surface area contributed by atoms with Crippen molar-refractivity contribution in [3.63, 3.8) is 0 Å². The van der Waals surface area contributed by atoms with Crippen LogP contribution in [-0.4, -0.2) is 69.4 Å². The molecule has 0 spiro atoms. The van der Waals surface area contributed by atoms with Crippen molar-refractivity contribution in [3.05, 3.63) is 18.2 Å². The number of amides is 1. The van der Waals surface area contributed by atoms with Gasteiger partial charge >= 0.3 is 0 Å². The minimum atomic E-state index is -3.20.